The number of pyridine rings is 1. The van der Waals surface area contributed by atoms with Crippen molar-refractivity contribution in [1.29, 1.82) is 5.26 Å². The topological polar surface area (TPSA) is 39.9 Å². The highest BCUT2D eigenvalue weighted by atomic mass is 15.1. The third-order valence-electron chi connectivity index (χ3n) is 3.02. The molecule has 0 saturated carbocycles. The van der Waals surface area contributed by atoms with Gasteiger partial charge in [0, 0.05) is 11.6 Å². The van der Waals surface area contributed by atoms with E-state index in [4.69, 9.17) is 5.26 Å². The minimum absolute atomic E-state index is 0.534. The molecule has 0 aromatic carbocycles. The van der Waals surface area contributed by atoms with Crippen LogP contribution in [-0.4, -0.2) is 30.0 Å². The summed E-state index contributed by atoms with van der Waals surface area (Å²) < 4.78 is 0. The molecule has 0 amide bonds. The van der Waals surface area contributed by atoms with Crippen molar-refractivity contribution in [2.24, 2.45) is 0 Å². The molecule has 1 aromatic rings. The first-order valence-corrected chi connectivity index (χ1v) is 5.35. The van der Waals surface area contributed by atoms with Gasteiger partial charge in [0.1, 0.15) is 11.8 Å². The molecule has 0 N–H and O–H groups in total. The second kappa shape index (κ2) is 4.41. The highest BCUT2D eigenvalue weighted by molar-refractivity contribution is 5.24. The Morgan fingerprint density at radius 2 is 2.13 bits per heavy atom. The molecule has 15 heavy (non-hydrogen) atoms. The lowest BCUT2D eigenvalue weighted by molar-refractivity contribution is 0.253. The van der Waals surface area contributed by atoms with Crippen LogP contribution in [-0.2, 0) is 0 Å². The smallest absolute Gasteiger partial charge is 0.140 e. The lowest BCUT2D eigenvalue weighted by Gasteiger charge is -2.28. The van der Waals surface area contributed by atoms with Gasteiger partial charge in [0.2, 0.25) is 0 Å². The van der Waals surface area contributed by atoms with Crippen LogP contribution in [0.5, 0.6) is 0 Å². The first-order chi connectivity index (χ1) is 7.29. The lowest BCUT2D eigenvalue weighted by atomic mass is 9.93. The van der Waals surface area contributed by atoms with Crippen LogP contribution in [0.25, 0.3) is 0 Å². The maximum atomic E-state index is 8.78. The van der Waals surface area contributed by atoms with Crippen molar-refractivity contribution in [3.05, 3.63) is 29.6 Å². The van der Waals surface area contributed by atoms with Crippen molar-refractivity contribution in [3.8, 4) is 6.07 Å². The predicted molar refractivity (Wildman–Crippen MR) is 58.4 cm³/mol. The summed E-state index contributed by atoms with van der Waals surface area (Å²) >= 11 is 0. The number of nitriles is 1. The number of aromatic nitrogens is 1. The van der Waals surface area contributed by atoms with Gasteiger partial charge in [-0.3, -0.25) is 0 Å². The zero-order valence-corrected chi connectivity index (χ0v) is 8.98. The molecule has 1 aliphatic rings. The molecule has 1 saturated heterocycles. The summed E-state index contributed by atoms with van der Waals surface area (Å²) in [6, 6.07) is 7.82. The number of rotatable bonds is 1. The fraction of sp³-hybridized carbons (Fsp3) is 0.500. The van der Waals surface area contributed by atoms with Gasteiger partial charge in [-0.2, -0.15) is 5.26 Å². The van der Waals surface area contributed by atoms with Gasteiger partial charge in [0.05, 0.1) is 0 Å². The van der Waals surface area contributed by atoms with Crippen molar-refractivity contribution in [1.82, 2.24) is 9.88 Å². The van der Waals surface area contributed by atoms with Crippen molar-refractivity contribution in [3.63, 3.8) is 0 Å². The molecule has 0 bridgehead atoms. The third-order valence-corrected chi connectivity index (χ3v) is 3.02. The largest absolute Gasteiger partial charge is 0.306 e. The van der Waals surface area contributed by atoms with Crippen LogP contribution in [0.15, 0.2) is 18.2 Å². The number of nitrogens with zero attached hydrogens (tertiary/aromatic N) is 3. The van der Waals surface area contributed by atoms with E-state index in [1.807, 2.05) is 12.1 Å². The molecule has 0 aliphatic carbocycles. The van der Waals surface area contributed by atoms with Crippen LogP contribution in [0.4, 0.5) is 0 Å². The van der Waals surface area contributed by atoms with Gasteiger partial charge in [0.15, 0.2) is 0 Å². The monoisotopic (exact) mass is 201 g/mol. The van der Waals surface area contributed by atoms with E-state index >= 15 is 0 Å². The van der Waals surface area contributed by atoms with Gasteiger partial charge in [0.25, 0.3) is 0 Å². The van der Waals surface area contributed by atoms with E-state index in [9.17, 15) is 0 Å². The molecular weight excluding hydrogens is 186 g/mol. The second-order valence-electron chi connectivity index (χ2n) is 4.14. The van der Waals surface area contributed by atoms with Crippen molar-refractivity contribution < 1.29 is 0 Å². The Bertz CT molecular complexity index is 373. The second-order valence-corrected chi connectivity index (χ2v) is 4.14. The molecule has 0 atom stereocenters. The quantitative estimate of drug-likeness (QED) is 0.695. The molecular formula is C12H15N3. The van der Waals surface area contributed by atoms with E-state index in [2.05, 4.69) is 23.0 Å². The van der Waals surface area contributed by atoms with Gasteiger partial charge in [-0.1, -0.05) is 6.07 Å². The van der Waals surface area contributed by atoms with Crippen LogP contribution < -0.4 is 0 Å². The standard InChI is InChI=1S/C12H15N3/c1-15-7-5-10(6-8-15)12-4-2-3-11(9-13)14-12/h2-4,10H,5-8H2,1H3. The lowest BCUT2D eigenvalue weighted by Crippen LogP contribution is -2.29. The number of piperidine rings is 1. The zero-order chi connectivity index (χ0) is 10.7. The molecule has 0 unspecified atom stereocenters. The van der Waals surface area contributed by atoms with Crippen LogP contribution in [0, 0.1) is 11.3 Å². The molecule has 1 fully saturated rings. The maximum Gasteiger partial charge on any atom is 0.140 e. The molecule has 78 valence electrons. The van der Waals surface area contributed by atoms with Gasteiger partial charge in [-0.15, -0.1) is 0 Å². The molecule has 1 aliphatic heterocycles. The summed E-state index contributed by atoms with van der Waals surface area (Å²) in [7, 11) is 2.15. The molecule has 0 radical (unpaired) electrons. The van der Waals surface area contributed by atoms with E-state index in [1.165, 1.54) is 0 Å². The van der Waals surface area contributed by atoms with Crippen LogP contribution in [0.2, 0.25) is 0 Å². The van der Waals surface area contributed by atoms with Crippen molar-refractivity contribution in [2.45, 2.75) is 18.8 Å². The van der Waals surface area contributed by atoms with Crippen LogP contribution >= 0.6 is 0 Å². The minimum atomic E-state index is 0.534. The Balaban J connectivity index is 2.12. The van der Waals surface area contributed by atoms with E-state index in [-0.39, 0.29) is 0 Å². The molecule has 2 heterocycles. The zero-order valence-electron chi connectivity index (χ0n) is 8.98. The van der Waals surface area contributed by atoms with Gasteiger partial charge >= 0.3 is 0 Å². The maximum absolute atomic E-state index is 8.78. The highest BCUT2D eigenvalue weighted by Crippen LogP contribution is 2.25. The normalized spacial score (nSPS) is 18.7. The summed E-state index contributed by atoms with van der Waals surface area (Å²) in [4.78, 5) is 6.70. The van der Waals surface area contributed by atoms with E-state index < -0.39 is 0 Å². The highest BCUT2D eigenvalue weighted by Gasteiger charge is 2.19. The Morgan fingerprint density at radius 1 is 1.40 bits per heavy atom. The number of hydrogen-bond donors (Lipinski definition) is 0. The Hall–Kier alpha value is -1.40. The molecule has 2 rings (SSSR count). The molecule has 3 nitrogen and oxygen atoms in total. The summed E-state index contributed by atoms with van der Waals surface area (Å²) in [6.45, 7) is 2.26. The third kappa shape index (κ3) is 2.34. The predicted octanol–water partition coefficient (Wildman–Crippen LogP) is 1.76. The Labute approximate surface area is 90.4 Å². The van der Waals surface area contributed by atoms with Gasteiger partial charge < -0.3 is 4.90 Å². The van der Waals surface area contributed by atoms with Crippen molar-refractivity contribution in [2.75, 3.05) is 20.1 Å². The SMILES string of the molecule is CN1CCC(c2cccc(C#N)n2)CC1. The Morgan fingerprint density at radius 3 is 2.80 bits per heavy atom. The van der Waals surface area contributed by atoms with Gasteiger partial charge in [-0.05, 0) is 45.1 Å². The van der Waals surface area contributed by atoms with Crippen molar-refractivity contribution >= 4 is 0 Å². The minimum Gasteiger partial charge on any atom is -0.306 e. The van der Waals surface area contributed by atoms with E-state index in [0.29, 0.717) is 11.6 Å². The molecule has 1 aromatic heterocycles. The summed E-state index contributed by atoms with van der Waals surface area (Å²) in [6.07, 6.45) is 2.30. The fourth-order valence-electron chi connectivity index (χ4n) is 2.05. The summed E-state index contributed by atoms with van der Waals surface area (Å²) in [5, 5.41) is 8.78. The number of hydrogen-bond acceptors (Lipinski definition) is 3. The van der Waals surface area contributed by atoms with E-state index in [0.717, 1.165) is 31.6 Å². The number of likely N-dealkylation sites (tertiary alicyclic amines) is 1. The average Bonchev–Trinajstić information content (AvgIpc) is 2.30. The van der Waals surface area contributed by atoms with Crippen LogP contribution in [0.3, 0.4) is 0 Å². The molecule has 0 spiro atoms. The summed E-state index contributed by atoms with van der Waals surface area (Å²) in [5.74, 6) is 0.537. The fourth-order valence-corrected chi connectivity index (χ4v) is 2.05. The van der Waals surface area contributed by atoms with Gasteiger partial charge in [-0.25, -0.2) is 4.98 Å². The first kappa shape index (κ1) is 10.1. The first-order valence-electron chi connectivity index (χ1n) is 5.35. The molecule has 3 heteroatoms. The van der Waals surface area contributed by atoms with Crippen LogP contribution in [0.1, 0.15) is 30.1 Å². The Kier molecular flexibility index (Phi) is 2.98. The van der Waals surface area contributed by atoms with E-state index in [1.54, 1.807) is 6.07 Å². The average molecular weight is 201 g/mol. The summed E-state index contributed by atoms with van der Waals surface area (Å²) in [5.41, 5.74) is 1.62.